The maximum atomic E-state index is 12.0. The zero-order valence-electron chi connectivity index (χ0n) is 13.7. The van der Waals surface area contributed by atoms with Crippen LogP contribution in [0.15, 0.2) is 12.1 Å². The summed E-state index contributed by atoms with van der Waals surface area (Å²) < 4.78 is 6.24. The molecule has 1 aliphatic rings. The van der Waals surface area contributed by atoms with E-state index in [1.807, 2.05) is 31.7 Å². The lowest BCUT2D eigenvalue weighted by Crippen LogP contribution is -2.36. The van der Waals surface area contributed by atoms with Crippen LogP contribution in [0.25, 0.3) is 0 Å². The van der Waals surface area contributed by atoms with E-state index >= 15 is 0 Å². The molecular formula is C16H25ClN2O2S. The third-order valence-corrected chi connectivity index (χ3v) is 5.08. The van der Waals surface area contributed by atoms with Crippen molar-refractivity contribution < 1.29 is 9.53 Å². The summed E-state index contributed by atoms with van der Waals surface area (Å²) in [5.41, 5.74) is -0.430. The topological polar surface area (TPSA) is 41.6 Å². The van der Waals surface area contributed by atoms with E-state index in [0.717, 1.165) is 30.4 Å². The molecule has 1 fully saturated rings. The van der Waals surface area contributed by atoms with E-state index < -0.39 is 5.60 Å². The molecule has 0 aliphatic carbocycles. The van der Waals surface area contributed by atoms with Crippen LogP contribution in [0, 0.1) is 5.92 Å². The highest BCUT2D eigenvalue weighted by atomic mass is 35.5. The number of thiophene rings is 1. The molecule has 0 spiro atoms. The lowest BCUT2D eigenvalue weighted by molar-refractivity contribution is 0.0288. The number of hydrogen-bond donors (Lipinski definition) is 1. The Labute approximate surface area is 141 Å². The van der Waals surface area contributed by atoms with Gasteiger partial charge in [-0.25, -0.2) is 4.79 Å². The van der Waals surface area contributed by atoms with Gasteiger partial charge in [-0.05, 0) is 52.2 Å². The third kappa shape index (κ3) is 5.14. The van der Waals surface area contributed by atoms with Crippen molar-refractivity contribution in [3.05, 3.63) is 21.3 Å². The average molecular weight is 345 g/mol. The molecule has 4 nitrogen and oxygen atoms in total. The first-order valence-electron chi connectivity index (χ1n) is 7.71. The minimum atomic E-state index is -0.430. The van der Waals surface area contributed by atoms with Crippen LogP contribution in [0.3, 0.4) is 0 Å². The van der Waals surface area contributed by atoms with Gasteiger partial charge in [0.1, 0.15) is 5.60 Å². The van der Waals surface area contributed by atoms with Gasteiger partial charge in [-0.3, -0.25) is 0 Å². The largest absolute Gasteiger partial charge is 0.444 e. The summed E-state index contributed by atoms with van der Waals surface area (Å²) in [6.45, 7) is 10.3. The van der Waals surface area contributed by atoms with E-state index in [1.54, 1.807) is 11.3 Å². The molecule has 124 valence electrons. The second-order valence-electron chi connectivity index (χ2n) is 6.85. The van der Waals surface area contributed by atoms with E-state index in [1.165, 1.54) is 4.88 Å². The molecule has 2 rings (SSSR count). The number of carbonyl (C=O) groups excluding carboxylic acids is 1. The summed E-state index contributed by atoms with van der Waals surface area (Å²) in [7, 11) is 0. The Balaban J connectivity index is 1.75. The second kappa shape index (κ2) is 7.20. The number of ether oxygens (including phenoxy) is 1. The molecule has 2 atom stereocenters. The zero-order chi connectivity index (χ0) is 16.3. The Kier molecular flexibility index (Phi) is 5.75. The van der Waals surface area contributed by atoms with Crippen molar-refractivity contribution in [1.29, 1.82) is 0 Å². The van der Waals surface area contributed by atoms with Gasteiger partial charge < -0.3 is 15.0 Å². The van der Waals surface area contributed by atoms with E-state index in [9.17, 15) is 4.79 Å². The van der Waals surface area contributed by atoms with Crippen molar-refractivity contribution in [3.63, 3.8) is 0 Å². The first kappa shape index (κ1) is 17.6. The van der Waals surface area contributed by atoms with Gasteiger partial charge in [-0.15, -0.1) is 11.3 Å². The van der Waals surface area contributed by atoms with Crippen molar-refractivity contribution in [2.45, 2.75) is 45.8 Å². The molecule has 1 N–H and O–H groups in total. The Morgan fingerprint density at radius 3 is 2.86 bits per heavy atom. The van der Waals surface area contributed by atoms with Crippen LogP contribution < -0.4 is 5.32 Å². The Hall–Kier alpha value is -0.780. The Bertz CT molecular complexity index is 512. The number of likely N-dealkylation sites (tertiary alicyclic amines) is 1. The summed E-state index contributed by atoms with van der Waals surface area (Å²) in [6, 6.07) is 4.28. The van der Waals surface area contributed by atoms with Gasteiger partial charge in [-0.2, -0.15) is 0 Å². The molecule has 1 saturated heterocycles. The van der Waals surface area contributed by atoms with Crippen LogP contribution in [-0.2, 0) is 4.74 Å². The van der Waals surface area contributed by atoms with Gasteiger partial charge in [0.05, 0.1) is 4.34 Å². The summed E-state index contributed by atoms with van der Waals surface area (Å²) >= 11 is 7.58. The number of nitrogens with one attached hydrogen (secondary N) is 1. The summed E-state index contributed by atoms with van der Waals surface area (Å²) in [5.74, 6) is 0.477. The van der Waals surface area contributed by atoms with E-state index in [2.05, 4.69) is 18.3 Å². The van der Waals surface area contributed by atoms with Crippen molar-refractivity contribution >= 4 is 29.0 Å². The van der Waals surface area contributed by atoms with E-state index in [0.29, 0.717) is 5.92 Å². The van der Waals surface area contributed by atoms with Gasteiger partial charge in [0.2, 0.25) is 0 Å². The minimum absolute atomic E-state index is 0.201. The molecule has 1 aromatic rings. The van der Waals surface area contributed by atoms with Crippen LogP contribution >= 0.6 is 22.9 Å². The molecule has 0 aromatic carbocycles. The van der Waals surface area contributed by atoms with Crippen LogP contribution in [0.2, 0.25) is 4.34 Å². The third-order valence-electron chi connectivity index (χ3n) is 3.67. The predicted molar refractivity (Wildman–Crippen MR) is 91.7 cm³/mol. The highest BCUT2D eigenvalue weighted by Gasteiger charge is 2.29. The normalized spacial score (nSPS) is 20.2. The number of halogens is 1. The van der Waals surface area contributed by atoms with Crippen LogP contribution in [-0.4, -0.2) is 36.2 Å². The number of carbonyl (C=O) groups is 1. The summed E-state index contributed by atoms with van der Waals surface area (Å²) in [5, 5.41) is 3.53. The first-order chi connectivity index (χ1) is 10.2. The fraction of sp³-hybridized carbons (Fsp3) is 0.688. The van der Waals surface area contributed by atoms with E-state index in [-0.39, 0.29) is 12.1 Å². The molecule has 2 heterocycles. The highest BCUT2D eigenvalue weighted by Crippen LogP contribution is 2.27. The SMILES string of the molecule is CC(NCC1CCN(C(=O)OC(C)(C)C)C1)c1ccc(Cl)s1. The molecule has 0 saturated carbocycles. The van der Waals surface area contributed by atoms with Gasteiger partial charge in [-0.1, -0.05) is 11.6 Å². The molecule has 1 amide bonds. The maximum absolute atomic E-state index is 12.0. The van der Waals surface area contributed by atoms with Crippen molar-refractivity contribution in [2.24, 2.45) is 5.92 Å². The lowest BCUT2D eigenvalue weighted by atomic mass is 10.1. The highest BCUT2D eigenvalue weighted by molar-refractivity contribution is 7.16. The molecule has 0 radical (unpaired) electrons. The van der Waals surface area contributed by atoms with Gasteiger partial charge >= 0.3 is 6.09 Å². The smallest absolute Gasteiger partial charge is 0.410 e. The standard InChI is InChI=1S/C16H25ClN2O2S/c1-11(13-5-6-14(17)22-13)18-9-12-7-8-19(10-12)15(20)21-16(2,3)4/h5-6,11-12,18H,7-10H2,1-4H3. The maximum Gasteiger partial charge on any atom is 0.410 e. The molecule has 2 unspecified atom stereocenters. The quantitative estimate of drug-likeness (QED) is 0.884. The molecule has 22 heavy (non-hydrogen) atoms. The number of nitrogens with zero attached hydrogens (tertiary/aromatic N) is 1. The molecule has 0 bridgehead atoms. The molecular weight excluding hydrogens is 320 g/mol. The zero-order valence-corrected chi connectivity index (χ0v) is 15.3. The first-order valence-corrected chi connectivity index (χ1v) is 8.90. The van der Waals surface area contributed by atoms with Gasteiger partial charge in [0, 0.05) is 30.6 Å². The number of rotatable bonds is 4. The monoisotopic (exact) mass is 344 g/mol. The van der Waals surface area contributed by atoms with Crippen LogP contribution in [0.4, 0.5) is 4.79 Å². The number of hydrogen-bond acceptors (Lipinski definition) is 4. The number of amides is 1. The average Bonchev–Trinajstić information content (AvgIpc) is 3.02. The van der Waals surface area contributed by atoms with Gasteiger partial charge in [0.25, 0.3) is 0 Å². The molecule has 1 aromatic heterocycles. The van der Waals surface area contributed by atoms with Crippen molar-refractivity contribution in [3.8, 4) is 0 Å². The lowest BCUT2D eigenvalue weighted by Gasteiger charge is -2.24. The Morgan fingerprint density at radius 1 is 1.55 bits per heavy atom. The summed E-state index contributed by atoms with van der Waals surface area (Å²) in [4.78, 5) is 15.1. The predicted octanol–water partition coefficient (Wildman–Crippen LogP) is 4.31. The molecule has 6 heteroatoms. The van der Waals surface area contributed by atoms with Crippen molar-refractivity contribution in [2.75, 3.05) is 19.6 Å². The van der Waals surface area contributed by atoms with Crippen molar-refractivity contribution in [1.82, 2.24) is 10.2 Å². The summed E-state index contributed by atoms with van der Waals surface area (Å²) in [6.07, 6.45) is 0.817. The second-order valence-corrected chi connectivity index (χ2v) is 8.60. The minimum Gasteiger partial charge on any atom is -0.444 e. The fourth-order valence-corrected chi connectivity index (χ4v) is 3.58. The van der Waals surface area contributed by atoms with Crippen LogP contribution in [0.5, 0.6) is 0 Å². The Morgan fingerprint density at radius 2 is 2.27 bits per heavy atom. The van der Waals surface area contributed by atoms with Gasteiger partial charge in [0.15, 0.2) is 0 Å². The molecule has 1 aliphatic heterocycles. The van der Waals surface area contributed by atoms with Crippen LogP contribution in [0.1, 0.15) is 45.0 Å². The van der Waals surface area contributed by atoms with E-state index in [4.69, 9.17) is 16.3 Å². The fourth-order valence-electron chi connectivity index (χ4n) is 2.50.